The summed E-state index contributed by atoms with van der Waals surface area (Å²) in [5.41, 5.74) is 6.01. The Kier molecular flexibility index (Phi) is 5.03. The van der Waals surface area contributed by atoms with Crippen LogP contribution in [-0.4, -0.2) is 43.8 Å². The molecule has 0 amide bonds. The van der Waals surface area contributed by atoms with E-state index in [1.807, 2.05) is 0 Å². The highest BCUT2D eigenvalue weighted by Gasteiger charge is 2.19. The molecule has 3 nitrogen and oxygen atoms in total. The zero-order valence-electron chi connectivity index (χ0n) is 10.5. The monoisotopic (exact) mass is 214 g/mol. The topological polar surface area (TPSA) is 38.5 Å². The van der Waals surface area contributed by atoms with Crippen LogP contribution >= 0.6 is 0 Å². The SMILES string of the molecule is CC1CN(CCC(C)(C)CN)CCCO1. The molecule has 0 aromatic heterocycles. The molecule has 0 saturated carbocycles. The summed E-state index contributed by atoms with van der Waals surface area (Å²) >= 11 is 0. The minimum Gasteiger partial charge on any atom is -0.377 e. The van der Waals surface area contributed by atoms with Gasteiger partial charge in [-0.1, -0.05) is 13.8 Å². The summed E-state index contributed by atoms with van der Waals surface area (Å²) in [7, 11) is 0. The van der Waals surface area contributed by atoms with Crippen molar-refractivity contribution in [1.82, 2.24) is 4.90 Å². The molecule has 15 heavy (non-hydrogen) atoms. The maximum Gasteiger partial charge on any atom is 0.0673 e. The number of rotatable bonds is 4. The smallest absolute Gasteiger partial charge is 0.0673 e. The number of nitrogens with zero attached hydrogens (tertiary/aromatic N) is 1. The summed E-state index contributed by atoms with van der Waals surface area (Å²) in [6.07, 6.45) is 2.72. The summed E-state index contributed by atoms with van der Waals surface area (Å²) in [5.74, 6) is 0. The Bertz CT molecular complexity index is 182. The second kappa shape index (κ2) is 5.83. The molecular weight excluding hydrogens is 188 g/mol. The first-order chi connectivity index (χ1) is 7.03. The molecule has 1 unspecified atom stereocenters. The molecule has 1 rings (SSSR count). The molecule has 2 N–H and O–H groups in total. The Balaban J connectivity index is 2.30. The van der Waals surface area contributed by atoms with Crippen molar-refractivity contribution in [3.05, 3.63) is 0 Å². The predicted molar refractivity (Wildman–Crippen MR) is 63.9 cm³/mol. The summed E-state index contributed by atoms with van der Waals surface area (Å²) < 4.78 is 5.62. The largest absolute Gasteiger partial charge is 0.377 e. The quantitative estimate of drug-likeness (QED) is 0.770. The highest BCUT2D eigenvalue weighted by molar-refractivity contribution is 4.74. The fourth-order valence-electron chi connectivity index (χ4n) is 1.85. The maximum absolute atomic E-state index is 5.74. The van der Waals surface area contributed by atoms with Crippen LogP contribution in [0.5, 0.6) is 0 Å². The van der Waals surface area contributed by atoms with Gasteiger partial charge in [-0.25, -0.2) is 0 Å². The lowest BCUT2D eigenvalue weighted by Crippen LogP contribution is -2.35. The molecule has 90 valence electrons. The van der Waals surface area contributed by atoms with Crippen LogP contribution in [-0.2, 0) is 4.74 Å². The van der Waals surface area contributed by atoms with Crippen molar-refractivity contribution in [1.29, 1.82) is 0 Å². The second-order valence-corrected chi connectivity index (χ2v) is 5.45. The van der Waals surface area contributed by atoms with E-state index < -0.39 is 0 Å². The van der Waals surface area contributed by atoms with E-state index in [2.05, 4.69) is 25.7 Å². The van der Waals surface area contributed by atoms with Gasteiger partial charge in [-0.3, -0.25) is 0 Å². The fraction of sp³-hybridized carbons (Fsp3) is 1.00. The van der Waals surface area contributed by atoms with E-state index in [9.17, 15) is 0 Å². The molecule has 1 atom stereocenters. The fourth-order valence-corrected chi connectivity index (χ4v) is 1.85. The van der Waals surface area contributed by atoms with Crippen LogP contribution < -0.4 is 5.73 Å². The zero-order valence-corrected chi connectivity index (χ0v) is 10.5. The average molecular weight is 214 g/mol. The van der Waals surface area contributed by atoms with Gasteiger partial charge in [-0.2, -0.15) is 0 Å². The van der Waals surface area contributed by atoms with Crippen LogP contribution in [0.2, 0.25) is 0 Å². The van der Waals surface area contributed by atoms with Gasteiger partial charge >= 0.3 is 0 Å². The lowest BCUT2D eigenvalue weighted by atomic mass is 9.89. The molecular formula is C12H26N2O. The normalized spacial score (nSPS) is 25.2. The summed E-state index contributed by atoms with van der Waals surface area (Å²) in [6, 6.07) is 0. The molecule has 0 aromatic carbocycles. The summed E-state index contributed by atoms with van der Waals surface area (Å²) in [4.78, 5) is 2.51. The Morgan fingerprint density at radius 3 is 2.87 bits per heavy atom. The molecule has 0 aromatic rings. The third-order valence-corrected chi connectivity index (χ3v) is 3.19. The molecule has 3 heteroatoms. The Morgan fingerprint density at radius 2 is 2.20 bits per heavy atom. The second-order valence-electron chi connectivity index (χ2n) is 5.45. The minimum absolute atomic E-state index is 0.274. The van der Waals surface area contributed by atoms with Crippen molar-refractivity contribution < 1.29 is 4.74 Å². The first-order valence-corrected chi connectivity index (χ1v) is 6.07. The molecule has 1 aliphatic heterocycles. The van der Waals surface area contributed by atoms with Crippen molar-refractivity contribution in [3.8, 4) is 0 Å². The molecule has 1 aliphatic rings. The van der Waals surface area contributed by atoms with Crippen molar-refractivity contribution in [2.24, 2.45) is 11.1 Å². The third-order valence-electron chi connectivity index (χ3n) is 3.19. The van der Waals surface area contributed by atoms with E-state index in [1.165, 1.54) is 13.0 Å². The Labute approximate surface area is 94.0 Å². The molecule has 0 bridgehead atoms. The minimum atomic E-state index is 0.274. The Morgan fingerprint density at radius 1 is 1.47 bits per heavy atom. The first kappa shape index (κ1) is 12.9. The van der Waals surface area contributed by atoms with E-state index in [1.54, 1.807) is 0 Å². The van der Waals surface area contributed by atoms with Gasteiger partial charge in [0, 0.05) is 19.7 Å². The van der Waals surface area contributed by atoms with Gasteiger partial charge in [0.15, 0.2) is 0 Å². The van der Waals surface area contributed by atoms with Gasteiger partial charge in [-0.15, -0.1) is 0 Å². The number of ether oxygens (including phenoxy) is 1. The summed E-state index contributed by atoms with van der Waals surface area (Å²) in [6.45, 7) is 11.7. The van der Waals surface area contributed by atoms with Gasteiger partial charge in [0.25, 0.3) is 0 Å². The van der Waals surface area contributed by atoms with Crippen LogP contribution in [0.15, 0.2) is 0 Å². The lowest BCUT2D eigenvalue weighted by Gasteiger charge is -2.28. The van der Waals surface area contributed by atoms with Crippen molar-refractivity contribution in [3.63, 3.8) is 0 Å². The van der Waals surface area contributed by atoms with Crippen LogP contribution in [0.3, 0.4) is 0 Å². The molecule has 1 saturated heterocycles. The van der Waals surface area contributed by atoms with E-state index in [0.717, 1.165) is 32.7 Å². The number of nitrogens with two attached hydrogens (primary N) is 1. The van der Waals surface area contributed by atoms with E-state index >= 15 is 0 Å². The van der Waals surface area contributed by atoms with Crippen LogP contribution in [0.1, 0.15) is 33.6 Å². The van der Waals surface area contributed by atoms with Crippen LogP contribution in [0.25, 0.3) is 0 Å². The standard InChI is InChI=1S/C12H26N2O/c1-11-9-14(6-4-8-15-11)7-5-12(2,3)10-13/h11H,4-10,13H2,1-3H3. The van der Waals surface area contributed by atoms with Gasteiger partial charge in [-0.05, 0) is 38.3 Å². The molecule has 0 aliphatic carbocycles. The van der Waals surface area contributed by atoms with Crippen molar-refractivity contribution >= 4 is 0 Å². The summed E-state index contributed by atoms with van der Waals surface area (Å²) in [5, 5.41) is 0. The van der Waals surface area contributed by atoms with Crippen LogP contribution in [0, 0.1) is 5.41 Å². The van der Waals surface area contributed by atoms with E-state index in [0.29, 0.717) is 6.10 Å². The maximum atomic E-state index is 5.74. The number of hydrogen-bond acceptors (Lipinski definition) is 3. The van der Waals surface area contributed by atoms with Crippen LogP contribution in [0.4, 0.5) is 0 Å². The van der Waals surface area contributed by atoms with Gasteiger partial charge in [0.1, 0.15) is 0 Å². The lowest BCUT2D eigenvalue weighted by molar-refractivity contribution is 0.0661. The van der Waals surface area contributed by atoms with E-state index in [-0.39, 0.29) is 5.41 Å². The van der Waals surface area contributed by atoms with Gasteiger partial charge in [0.2, 0.25) is 0 Å². The number of hydrogen-bond donors (Lipinski definition) is 1. The first-order valence-electron chi connectivity index (χ1n) is 6.07. The highest BCUT2D eigenvalue weighted by Crippen LogP contribution is 2.19. The predicted octanol–water partition coefficient (Wildman–Crippen LogP) is 1.47. The zero-order chi connectivity index (χ0) is 11.3. The molecule has 0 spiro atoms. The van der Waals surface area contributed by atoms with Gasteiger partial charge < -0.3 is 15.4 Å². The third kappa shape index (κ3) is 4.96. The van der Waals surface area contributed by atoms with Crippen molar-refractivity contribution in [2.45, 2.75) is 39.7 Å². The highest BCUT2D eigenvalue weighted by atomic mass is 16.5. The Hall–Kier alpha value is -0.120. The van der Waals surface area contributed by atoms with E-state index in [4.69, 9.17) is 10.5 Å². The molecule has 1 heterocycles. The van der Waals surface area contributed by atoms with Gasteiger partial charge in [0.05, 0.1) is 6.10 Å². The molecule has 0 radical (unpaired) electrons. The average Bonchev–Trinajstić information content (AvgIpc) is 2.40. The van der Waals surface area contributed by atoms with Crippen molar-refractivity contribution in [2.75, 3.05) is 32.8 Å². The molecule has 1 fully saturated rings.